The van der Waals surface area contributed by atoms with Crippen molar-refractivity contribution in [3.63, 3.8) is 0 Å². The summed E-state index contributed by atoms with van der Waals surface area (Å²) in [6, 6.07) is 0.712. The lowest BCUT2D eigenvalue weighted by Gasteiger charge is -2.10. The SMILES string of the molecule is [2H]C([2H])(Sc1nc(C(C)(F)F)cc(=O)[nH]1)c1scnc1CC. The molecule has 1 N–H and O–H groups in total. The monoisotopic (exact) mass is 319 g/mol. The van der Waals surface area contributed by atoms with E-state index in [2.05, 4.69) is 15.0 Å². The van der Waals surface area contributed by atoms with E-state index in [9.17, 15) is 13.6 Å². The van der Waals surface area contributed by atoms with Crippen LogP contribution in [0.1, 0.15) is 32.9 Å². The summed E-state index contributed by atoms with van der Waals surface area (Å²) in [6.07, 6.45) is 0.552. The molecule has 2 aromatic rings. The Morgan fingerprint density at radius 3 is 3.00 bits per heavy atom. The van der Waals surface area contributed by atoms with Gasteiger partial charge in [0.1, 0.15) is 5.69 Å². The summed E-state index contributed by atoms with van der Waals surface area (Å²) >= 11 is 1.72. The van der Waals surface area contributed by atoms with Crippen molar-refractivity contribution < 1.29 is 11.5 Å². The summed E-state index contributed by atoms with van der Waals surface area (Å²) in [5.74, 6) is -3.27. The number of thioether (sulfide) groups is 1. The summed E-state index contributed by atoms with van der Waals surface area (Å²) in [5, 5.41) is -0.190. The molecule has 0 amide bonds. The van der Waals surface area contributed by atoms with Crippen LogP contribution in [0.5, 0.6) is 0 Å². The van der Waals surface area contributed by atoms with Gasteiger partial charge in [-0.3, -0.25) is 4.79 Å². The van der Waals surface area contributed by atoms with Gasteiger partial charge in [0.15, 0.2) is 5.16 Å². The van der Waals surface area contributed by atoms with E-state index in [1.807, 2.05) is 6.92 Å². The maximum atomic E-state index is 13.3. The first kappa shape index (κ1) is 12.5. The number of rotatable bonds is 5. The van der Waals surface area contributed by atoms with Crippen molar-refractivity contribution in [2.45, 2.75) is 37.1 Å². The Morgan fingerprint density at radius 1 is 1.60 bits per heavy atom. The number of nitrogens with one attached hydrogen (secondary N) is 1. The third kappa shape index (κ3) is 3.63. The molecular weight excluding hydrogens is 304 g/mol. The zero-order chi connectivity index (χ0) is 16.5. The van der Waals surface area contributed by atoms with E-state index in [4.69, 9.17) is 2.74 Å². The Bertz CT molecular complexity index is 728. The highest BCUT2D eigenvalue weighted by Crippen LogP contribution is 2.27. The van der Waals surface area contributed by atoms with Gasteiger partial charge in [0.05, 0.1) is 11.2 Å². The third-order valence-corrected chi connectivity index (χ3v) is 3.99. The molecule has 0 aliphatic rings. The molecule has 0 fully saturated rings. The number of alkyl halides is 2. The van der Waals surface area contributed by atoms with Crippen LogP contribution in [0.15, 0.2) is 21.5 Å². The second-order valence-corrected chi connectivity index (χ2v) is 5.66. The number of aromatic amines is 1. The Balaban J connectivity index is 2.38. The van der Waals surface area contributed by atoms with Gasteiger partial charge in [-0.15, -0.1) is 11.3 Å². The predicted octanol–water partition coefficient (Wildman–Crippen LogP) is 3.19. The van der Waals surface area contributed by atoms with Gasteiger partial charge in [-0.25, -0.2) is 9.97 Å². The van der Waals surface area contributed by atoms with Crippen LogP contribution in [0, 0.1) is 0 Å². The summed E-state index contributed by atoms with van der Waals surface area (Å²) in [5.41, 5.74) is -1.23. The van der Waals surface area contributed by atoms with E-state index in [1.165, 1.54) is 5.51 Å². The fourth-order valence-electron chi connectivity index (χ4n) is 1.41. The van der Waals surface area contributed by atoms with Crippen LogP contribution in [0.25, 0.3) is 0 Å². The van der Waals surface area contributed by atoms with Crippen LogP contribution in [-0.2, 0) is 18.0 Å². The van der Waals surface area contributed by atoms with Gasteiger partial charge in [0.2, 0.25) is 0 Å². The quantitative estimate of drug-likeness (QED) is 0.679. The fraction of sp³-hybridized carbons (Fsp3) is 0.417. The number of H-pyrrole nitrogens is 1. The number of aryl methyl sites for hydroxylation is 1. The number of aromatic nitrogens is 3. The van der Waals surface area contributed by atoms with E-state index < -0.39 is 22.9 Å². The molecule has 0 saturated heterocycles. The zero-order valence-electron chi connectivity index (χ0n) is 12.7. The first-order chi connectivity index (χ1) is 10.1. The maximum Gasteiger partial charge on any atom is 0.287 e. The standard InChI is InChI=1S/C12H13F2N3OS2/c1-3-7-8(20-6-15-7)5-19-11-16-9(12(2,13)14)4-10(18)17-11/h4,6H,3,5H2,1-2H3,(H,16,17,18)/i5D2. The van der Waals surface area contributed by atoms with Crippen LogP contribution < -0.4 is 5.56 Å². The lowest BCUT2D eigenvalue weighted by molar-refractivity contribution is 0.0118. The topological polar surface area (TPSA) is 58.6 Å². The highest BCUT2D eigenvalue weighted by Gasteiger charge is 2.27. The van der Waals surface area contributed by atoms with Crippen LogP contribution in [0.4, 0.5) is 8.78 Å². The van der Waals surface area contributed by atoms with Gasteiger partial charge in [0.25, 0.3) is 11.5 Å². The molecule has 8 heteroatoms. The molecule has 0 aliphatic heterocycles. The molecule has 2 rings (SSSR count). The lowest BCUT2D eigenvalue weighted by Crippen LogP contribution is -2.17. The number of hydrogen-bond donors (Lipinski definition) is 1. The fourth-order valence-corrected chi connectivity index (χ4v) is 2.95. The zero-order valence-corrected chi connectivity index (χ0v) is 12.4. The number of halogens is 2. The molecule has 0 unspecified atom stereocenters. The van der Waals surface area contributed by atoms with E-state index in [0.29, 0.717) is 41.7 Å². The summed E-state index contributed by atoms with van der Waals surface area (Å²) in [7, 11) is 0. The average molecular weight is 319 g/mol. The van der Waals surface area contributed by atoms with Gasteiger partial charge in [-0.2, -0.15) is 8.78 Å². The van der Waals surface area contributed by atoms with Crippen molar-refractivity contribution >= 4 is 23.1 Å². The van der Waals surface area contributed by atoms with E-state index in [1.54, 1.807) is 0 Å². The Kier molecular flexibility index (Phi) is 3.74. The largest absolute Gasteiger partial charge is 0.301 e. The van der Waals surface area contributed by atoms with Gasteiger partial charge in [0, 0.05) is 26.3 Å². The second kappa shape index (κ2) is 6.01. The first-order valence-electron chi connectivity index (χ1n) is 6.75. The Hall–Kier alpha value is -1.28. The molecular formula is C12H13F2N3OS2. The highest BCUT2D eigenvalue weighted by atomic mass is 32.2. The van der Waals surface area contributed by atoms with Crippen molar-refractivity contribution in [1.29, 1.82) is 0 Å². The molecule has 0 radical (unpaired) electrons. The molecule has 0 atom stereocenters. The van der Waals surface area contributed by atoms with E-state index >= 15 is 0 Å². The van der Waals surface area contributed by atoms with Gasteiger partial charge in [-0.05, 0) is 6.42 Å². The highest BCUT2D eigenvalue weighted by molar-refractivity contribution is 7.98. The smallest absolute Gasteiger partial charge is 0.287 e. The minimum Gasteiger partial charge on any atom is -0.301 e. The minimum atomic E-state index is -3.27. The molecule has 2 heterocycles. The number of thiazole rings is 1. The van der Waals surface area contributed by atoms with Crippen LogP contribution >= 0.6 is 23.1 Å². The Morgan fingerprint density at radius 2 is 2.35 bits per heavy atom. The van der Waals surface area contributed by atoms with Crippen molar-refractivity contribution in [3.8, 4) is 0 Å². The van der Waals surface area contributed by atoms with Gasteiger partial charge >= 0.3 is 0 Å². The van der Waals surface area contributed by atoms with Gasteiger partial charge < -0.3 is 4.98 Å². The first-order valence-corrected chi connectivity index (χ1v) is 7.44. The molecule has 0 spiro atoms. The van der Waals surface area contributed by atoms with Crippen molar-refractivity contribution in [2.24, 2.45) is 0 Å². The molecule has 0 aliphatic carbocycles. The molecule has 0 saturated carbocycles. The molecule has 0 aromatic carbocycles. The third-order valence-electron chi connectivity index (χ3n) is 2.39. The van der Waals surface area contributed by atoms with Crippen LogP contribution in [0.3, 0.4) is 0 Å². The molecule has 108 valence electrons. The predicted molar refractivity (Wildman–Crippen MR) is 75.5 cm³/mol. The van der Waals surface area contributed by atoms with Gasteiger partial charge in [-0.1, -0.05) is 18.7 Å². The van der Waals surface area contributed by atoms with Crippen LogP contribution in [0.2, 0.25) is 0 Å². The summed E-state index contributed by atoms with van der Waals surface area (Å²) in [4.78, 5) is 21.9. The van der Waals surface area contributed by atoms with Crippen molar-refractivity contribution in [1.82, 2.24) is 15.0 Å². The molecule has 0 bridgehead atoms. The van der Waals surface area contributed by atoms with E-state index in [-0.39, 0.29) is 5.16 Å². The number of nitrogens with zero attached hydrogens (tertiary/aromatic N) is 2. The summed E-state index contributed by atoms with van der Waals surface area (Å²) < 4.78 is 42.9. The van der Waals surface area contributed by atoms with Crippen molar-refractivity contribution in [2.75, 3.05) is 0 Å². The lowest BCUT2D eigenvalue weighted by atomic mass is 10.3. The average Bonchev–Trinajstić information content (AvgIpc) is 2.85. The maximum absolute atomic E-state index is 13.3. The molecule has 4 nitrogen and oxygen atoms in total. The number of hydrogen-bond acceptors (Lipinski definition) is 5. The molecule has 2 aromatic heterocycles. The second-order valence-electron chi connectivity index (χ2n) is 4.01. The Labute approximate surface area is 125 Å². The molecule has 20 heavy (non-hydrogen) atoms. The van der Waals surface area contributed by atoms with Crippen LogP contribution in [-0.4, -0.2) is 15.0 Å². The summed E-state index contributed by atoms with van der Waals surface area (Å²) in [6.45, 7) is 2.48. The van der Waals surface area contributed by atoms with Crippen molar-refractivity contribution in [3.05, 3.63) is 38.2 Å². The minimum absolute atomic E-state index is 0.190. The normalized spacial score (nSPS) is 14.0. The van der Waals surface area contributed by atoms with E-state index in [0.717, 1.165) is 11.3 Å².